The minimum atomic E-state index is -0.204. The molecule has 8 heteroatoms. The van der Waals surface area contributed by atoms with E-state index >= 15 is 0 Å². The Kier molecular flexibility index (Phi) is 6.87. The summed E-state index contributed by atoms with van der Waals surface area (Å²) >= 11 is 3.29. The van der Waals surface area contributed by atoms with Crippen LogP contribution in [0.2, 0.25) is 0 Å². The number of nitrogens with two attached hydrogens (primary N) is 1. The lowest BCUT2D eigenvalue weighted by Gasteiger charge is -2.29. The number of nitrogens with one attached hydrogen (secondary N) is 1. The van der Waals surface area contributed by atoms with Crippen LogP contribution in [0.15, 0.2) is 47.8 Å². The van der Waals surface area contributed by atoms with Gasteiger partial charge in [-0.1, -0.05) is 18.2 Å². The van der Waals surface area contributed by atoms with E-state index in [0.29, 0.717) is 10.8 Å². The van der Waals surface area contributed by atoms with Crippen molar-refractivity contribution >= 4 is 51.4 Å². The molecule has 0 atom stereocenters. The number of aromatic nitrogens is 1. The third-order valence-corrected chi connectivity index (χ3v) is 8.24. The number of thiazole rings is 1. The number of benzene rings is 2. The molecule has 34 heavy (non-hydrogen) atoms. The molecule has 3 aromatic rings. The van der Waals surface area contributed by atoms with Gasteiger partial charge in [0, 0.05) is 28.2 Å². The summed E-state index contributed by atoms with van der Waals surface area (Å²) in [6.07, 6.45) is 5.02. The minimum absolute atomic E-state index is 0.00559. The van der Waals surface area contributed by atoms with E-state index in [1.807, 2.05) is 47.5 Å². The summed E-state index contributed by atoms with van der Waals surface area (Å²) in [4.78, 5) is 32.5. The second-order valence-corrected chi connectivity index (χ2v) is 10.9. The molecule has 5 rings (SSSR count). The van der Waals surface area contributed by atoms with E-state index in [1.54, 1.807) is 4.90 Å². The van der Waals surface area contributed by atoms with Crippen molar-refractivity contribution < 1.29 is 9.59 Å². The van der Waals surface area contributed by atoms with Gasteiger partial charge in [-0.2, -0.15) is 11.8 Å². The summed E-state index contributed by atoms with van der Waals surface area (Å²) in [5, 5.41) is 5.39. The number of nitrogens with zero attached hydrogens (tertiary/aromatic N) is 2. The fraction of sp³-hybridized carbons (Fsp3) is 0.346. The molecule has 1 fully saturated rings. The van der Waals surface area contributed by atoms with Gasteiger partial charge in [-0.3, -0.25) is 9.59 Å². The van der Waals surface area contributed by atoms with Crippen LogP contribution < -0.4 is 16.0 Å². The van der Waals surface area contributed by atoms with E-state index in [2.05, 4.69) is 22.4 Å². The maximum Gasteiger partial charge on any atom is 0.244 e. The highest BCUT2D eigenvalue weighted by molar-refractivity contribution is 7.99. The lowest BCUT2D eigenvalue weighted by molar-refractivity contribution is -0.124. The number of rotatable bonds is 6. The molecular formula is C26H28N4O2S2. The summed E-state index contributed by atoms with van der Waals surface area (Å²) in [6, 6.07) is 13.8. The van der Waals surface area contributed by atoms with Crippen LogP contribution in [0.5, 0.6) is 0 Å². The zero-order valence-electron chi connectivity index (χ0n) is 19.0. The van der Waals surface area contributed by atoms with Crippen molar-refractivity contribution in [3.8, 4) is 11.3 Å². The third-order valence-electron chi connectivity index (χ3n) is 6.52. The first-order valence-electron chi connectivity index (χ1n) is 11.7. The summed E-state index contributed by atoms with van der Waals surface area (Å²) in [5.74, 6) is 1.83. The summed E-state index contributed by atoms with van der Waals surface area (Å²) in [5.41, 5.74) is 11.7. The first-order chi connectivity index (χ1) is 16.6. The molecule has 1 aliphatic heterocycles. The number of aryl methyl sites for hydroxylation is 2. The van der Waals surface area contributed by atoms with Crippen LogP contribution in [0, 0.1) is 5.92 Å². The Morgan fingerprint density at radius 1 is 1.06 bits per heavy atom. The minimum Gasteiger partial charge on any atom is -0.375 e. The van der Waals surface area contributed by atoms with Crippen LogP contribution in [0.25, 0.3) is 11.3 Å². The highest BCUT2D eigenvalue weighted by atomic mass is 32.2. The SMILES string of the molecule is Nc1nc(-c2ccc(NC(=O)CN(C(=O)C3CCSCC3)c3ccc4c(c3)CCC4)cc2)cs1. The molecule has 1 saturated heterocycles. The van der Waals surface area contributed by atoms with Gasteiger partial charge in [0.1, 0.15) is 6.54 Å². The average Bonchev–Trinajstić information content (AvgIpc) is 3.51. The van der Waals surface area contributed by atoms with Crippen LogP contribution in [0.4, 0.5) is 16.5 Å². The monoisotopic (exact) mass is 492 g/mol. The molecule has 2 aromatic carbocycles. The van der Waals surface area contributed by atoms with Gasteiger partial charge in [0.05, 0.1) is 5.69 Å². The van der Waals surface area contributed by atoms with Crippen molar-refractivity contribution in [3.05, 3.63) is 59.0 Å². The Morgan fingerprint density at radius 3 is 2.56 bits per heavy atom. The molecule has 0 bridgehead atoms. The molecule has 0 spiro atoms. The highest BCUT2D eigenvalue weighted by Gasteiger charge is 2.29. The molecular weight excluding hydrogens is 464 g/mol. The van der Waals surface area contributed by atoms with Crippen molar-refractivity contribution in [3.63, 3.8) is 0 Å². The van der Waals surface area contributed by atoms with E-state index in [9.17, 15) is 9.59 Å². The largest absolute Gasteiger partial charge is 0.375 e. The number of hydrogen-bond donors (Lipinski definition) is 2. The van der Waals surface area contributed by atoms with Gasteiger partial charge in [-0.15, -0.1) is 11.3 Å². The molecule has 6 nitrogen and oxygen atoms in total. The number of nitrogen functional groups attached to an aromatic ring is 1. The predicted molar refractivity (Wildman–Crippen MR) is 141 cm³/mol. The molecule has 176 valence electrons. The maximum atomic E-state index is 13.5. The summed E-state index contributed by atoms with van der Waals surface area (Å²) in [6.45, 7) is 0.00559. The molecule has 2 heterocycles. The van der Waals surface area contributed by atoms with Crippen LogP contribution in [-0.2, 0) is 22.4 Å². The Morgan fingerprint density at radius 2 is 1.82 bits per heavy atom. The number of amides is 2. The molecule has 0 unspecified atom stereocenters. The van der Waals surface area contributed by atoms with Gasteiger partial charge in [0.2, 0.25) is 11.8 Å². The van der Waals surface area contributed by atoms with Crippen molar-refractivity contribution in [1.29, 1.82) is 0 Å². The number of thioether (sulfide) groups is 1. The van der Waals surface area contributed by atoms with Crippen LogP contribution >= 0.6 is 23.1 Å². The van der Waals surface area contributed by atoms with Crippen LogP contribution in [0.1, 0.15) is 30.4 Å². The fourth-order valence-corrected chi connectivity index (χ4v) is 6.35. The van der Waals surface area contributed by atoms with Crippen molar-refractivity contribution in [2.45, 2.75) is 32.1 Å². The first kappa shape index (κ1) is 22.9. The van der Waals surface area contributed by atoms with Crippen molar-refractivity contribution in [2.24, 2.45) is 5.92 Å². The van der Waals surface area contributed by atoms with E-state index < -0.39 is 0 Å². The maximum absolute atomic E-state index is 13.5. The van der Waals surface area contributed by atoms with Crippen LogP contribution in [0.3, 0.4) is 0 Å². The fourth-order valence-electron chi connectivity index (χ4n) is 4.68. The lowest BCUT2D eigenvalue weighted by Crippen LogP contribution is -2.42. The van der Waals surface area contributed by atoms with Crippen LogP contribution in [-0.4, -0.2) is 34.8 Å². The zero-order valence-corrected chi connectivity index (χ0v) is 20.6. The quantitative estimate of drug-likeness (QED) is 0.506. The second kappa shape index (κ2) is 10.2. The topological polar surface area (TPSA) is 88.3 Å². The van der Waals surface area contributed by atoms with Gasteiger partial charge in [-0.05, 0) is 79.0 Å². The lowest BCUT2D eigenvalue weighted by atomic mass is 10.00. The van der Waals surface area contributed by atoms with Crippen molar-refractivity contribution in [2.75, 3.05) is 34.0 Å². The van der Waals surface area contributed by atoms with E-state index in [1.165, 1.54) is 22.5 Å². The first-order valence-corrected chi connectivity index (χ1v) is 13.7. The number of carbonyl (C=O) groups excluding carboxylic acids is 2. The molecule has 1 aromatic heterocycles. The van der Waals surface area contributed by atoms with E-state index in [4.69, 9.17) is 5.73 Å². The summed E-state index contributed by atoms with van der Waals surface area (Å²) in [7, 11) is 0. The Labute approximate surface area is 208 Å². The predicted octanol–water partition coefficient (Wildman–Crippen LogP) is 5.00. The third kappa shape index (κ3) is 5.13. The van der Waals surface area contributed by atoms with E-state index in [-0.39, 0.29) is 24.3 Å². The summed E-state index contributed by atoms with van der Waals surface area (Å²) < 4.78 is 0. The highest BCUT2D eigenvalue weighted by Crippen LogP contribution is 2.31. The Hall–Kier alpha value is -2.84. The Balaban J connectivity index is 1.32. The smallest absolute Gasteiger partial charge is 0.244 e. The molecule has 0 saturated carbocycles. The van der Waals surface area contributed by atoms with Gasteiger partial charge < -0.3 is 16.0 Å². The second-order valence-electron chi connectivity index (χ2n) is 8.81. The molecule has 1 aliphatic carbocycles. The number of anilines is 3. The van der Waals surface area contributed by atoms with Gasteiger partial charge in [-0.25, -0.2) is 4.98 Å². The molecule has 2 amide bonds. The number of carbonyl (C=O) groups is 2. The van der Waals surface area contributed by atoms with Gasteiger partial charge in [0.15, 0.2) is 5.13 Å². The number of hydrogen-bond acceptors (Lipinski definition) is 6. The molecule has 0 radical (unpaired) electrons. The van der Waals surface area contributed by atoms with Crippen molar-refractivity contribution in [1.82, 2.24) is 4.98 Å². The average molecular weight is 493 g/mol. The number of fused-ring (bicyclic) bond motifs is 1. The molecule has 2 aliphatic rings. The molecule has 3 N–H and O–H groups in total. The van der Waals surface area contributed by atoms with E-state index in [0.717, 1.165) is 60.6 Å². The normalized spacial score (nSPS) is 15.6. The Bertz CT molecular complexity index is 1190. The standard InChI is InChI=1S/C26H28N4O2S2/c27-26-29-23(16-34-26)18-4-7-21(8-5-18)28-24(31)15-30(25(32)19-10-12-33-13-11-19)22-9-6-17-2-1-3-20(17)14-22/h4-9,14,16,19H,1-3,10-13,15H2,(H2,27,29)(H,28,31). The zero-order chi connectivity index (χ0) is 23.5. The van der Waals surface area contributed by atoms with Gasteiger partial charge in [0.25, 0.3) is 0 Å². The van der Waals surface area contributed by atoms with Gasteiger partial charge >= 0.3 is 0 Å².